The van der Waals surface area contributed by atoms with E-state index in [1.54, 1.807) is 86.6 Å². The lowest BCUT2D eigenvalue weighted by Gasteiger charge is -2.10. The Morgan fingerprint density at radius 2 is 0.897 bits per heavy atom. The highest BCUT2D eigenvalue weighted by atomic mass is 35.7. The number of fused-ring (bicyclic) bond motifs is 2. The monoisotopic (exact) mass is 1360 g/mol. The second-order valence-electron chi connectivity index (χ2n) is 19.0. The second kappa shape index (κ2) is 27.5. The van der Waals surface area contributed by atoms with Crippen LogP contribution >= 0.6 is 80.3 Å². The highest BCUT2D eigenvalue weighted by Gasteiger charge is 2.31. The van der Waals surface area contributed by atoms with Crippen molar-refractivity contribution in [2.45, 2.75) is 32.4 Å². The molecule has 10 rings (SSSR count). The Labute approximate surface area is 529 Å². The third-order valence-corrected chi connectivity index (χ3v) is 17.9. The van der Waals surface area contributed by atoms with Gasteiger partial charge in [-0.25, -0.2) is 44.4 Å². The standard InChI is InChI=1S/C31H21Cl3F2N2O4S.C27H14Cl3F2N3O2.C3H7ClO2S/c1-2-12-43(41,42)16-18-8-11-25(35)27(28(18)36)29(39)22-15-38(31(40)26-23(33)4-3-5-24(26)34)30-21(22)13-19(14-37-30)17-6-9-20(32)10-7-17;28-15-6-4-13(5-7-15)14-10-16-17(25(36)23-20(31)8-9-21(33)24(23)32)12-35(26(16)34-11-14)27(37)22-18(29)2-1-3-19(22)30;1-2-3-7(4,5)6/h3-11,13-15H,2,12,16H2,1H3;1-12H,33H2;2-3H2,1H3. The molecule has 26 heteroatoms. The summed E-state index contributed by atoms with van der Waals surface area (Å²) in [5.74, 6) is -9.16. The van der Waals surface area contributed by atoms with Gasteiger partial charge in [-0.15, -0.1) is 0 Å². The topological polar surface area (TPSA) is 198 Å². The third-order valence-electron chi connectivity index (χ3n) is 13.0. The molecule has 0 bridgehead atoms. The number of benzene rings is 6. The summed E-state index contributed by atoms with van der Waals surface area (Å²) in [4.78, 5) is 63.4. The summed E-state index contributed by atoms with van der Waals surface area (Å²) in [7, 11) is -2.11. The SMILES string of the molecule is CCCS(=O)(=O)Cc1ccc(F)c(C(=O)c2cn(C(=O)c3c(Cl)cccc3Cl)c3ncc(-c4ccc(Cl)cc4)cc23)c1F.CCCS(=O)(=O)Cl.Nc1ccc(F)c(C(=O)c2cn(C(=O)c3c(Cl)cccc3Cl)c3ncc(-c4ccc(Cl)cc4)cc23)c1F. The van der Waals surface area contributed by atoms with E-state index in [0.717, 1.165) is 45.8 Å². The normalized spacial score (nSPS) is 11.5. The maximum Gasteiger partial charge on any atom is 0.266 e. The lowest BCUT2D eigenvalue weighted by Crippen LogP contribution is -2.14. The molecule has 2 N–H and O–H groups in total. The molecule has 4 heterocycles. The molecule has 0 fully saturated rings. The van der Waals surface area contributed by atoms with E-state index >= 15 is 8.78 Å². The molecule has 0 aliphatic carbocycles. The van der Waals surface area contributed by atoms with Crippen LogP contribution in [0.15, 0.2) is 146 Å². The summed E-state index contributed by atoms with van der Waals surface area (Å²) in [6.07, 6.45) is 6.15. The zero-order valence-corrected chi connectivity index (χ0v) is 51.9. The molecule has 4 aromatic heterocycles. The number of nitrogens with two attached hydrogens (primary N) is 1. The molecular weight excluding hydrogens is 1320 g/mol. The first-order valence-electron chi connectivity index (χ1n) is 25.6. The van der Waals surface area contributed by atoms with Gasteiger partial charge in [-0.05, 0) is 103 Å². The number of aromatic nitrogens is 4. The van der Waals surface area contributed by atoms with Crippen LogP contribution in [0.3, 0.4) is 0 Å². The molecular formula is C61H42Cl7F4N5O8S2. The fourth-order valence-electron chi connectivity index (χ4n) is 8.96. The largest absolute Gasteiger partial charge is 0.396 e. The third kappa shape index (κ3) is 14.7. The fourth-order valence-corrected chi connectivity index (χ4v) is 12.7. The molecule has 0 aliphatic heterocycles. The Hall–Kier alpha value is -7.17. The number of hydrogen-bond donors (Lipinski definition) is 1. The van der Waals surface area contributed by atoms with Gasteiger partial charge in [-0.3, -0.25) is 28.3 Å². The van der Waals surface area contributed by atoms with Crippen LogP contribution in [-0.4, -0.2) is 70.8 Å². The molecule has 13 nitrogen and oxygen atoms in total. The van der Waals surface area contributed by atoms with E-state index in [4.69, 9.17) is 86.0 Å². The summed E-state index contributed by atoms with van der Waals surface area (Å²) < 4.78 is 107. The molecule has 448 valence electrons. The van der Waals surface area contributed by atoms with Crippen LogP contribution in [0, 0.1) is 23.3 Å². The summed E-state index contributed by atoms with van der Waals surface area (Å²) in [6, 6.07) is 29.6. The van der Waals surface area contributed by atoms with Crippen molar-refractivity contribution in [1.82, 2.24) is 19.1 Å². The molecule has 0 aliphatic rings. The molecule has 0 spiro atoms. The van der Waals surface area contributed by atoms with E-state index in [2.05, 4.69) is 9.97 Å². The lowest BCUT2D eigenvalue weighted by atomic mass is 9.99. The number of nitrogens with zero attached hydrogens (tertiary/aromatic N) is 4. The molecule has 6 aromatic carbocycles. The molecule has 0 atom stereocenters. The van der Waals surface area contributed by atoms with Crippen molar-refractivity contribution in [3.8, 4) is 22.3 Å². The van der Waals surface area contributed by atoms with Gasteiger partial charge in [0.05, 0.1) is 76.4 Å². The van der Waals surface area contributed by atoms with Crippen molar-refractivity contribution in [2.75, 3.05) is 17.2 Å². The lowest BCUT2D eigenvalue weighted by molar-refractivity contribution is 0.0955. The molecule has 0 amide bonds. The molecule has 0 unspecified atom stereocenters. The van der Waals surface area contributed by atoms with Crippen LogP contribution < -0.4 is 5.73 Å². The average Bonchev–Trinajstić information content (AvgIpc) is 1.78. The Balaban J connectivity index is 0.000000205. The maximum atomic E-state index is 15.7. The Morgan fingerprint density at radius 3 is 1.28 bits per heavy atom. The zero-order chi connectivity index (χ0) is 63.4. The van der Waals surface area contributed by atoms with Crippen LogP contribution in [0.25, 0.3) is 44.3 Å². The number of carbonyl (C=O) groups is 4. The van der Waals surface area contributed by atoms with Crippen LogP contribution in [0.5, 0.6) is 0 Å². The van der Waals surface area contributed by atoms with Crippen LogP contribution in [-0.2, 0) is 24.6 Å². The zero-order valence-electron chi connectivity index (χ0n) is 45.0. The fraction of sp³-hybridized carbons (Fsp3) is 0.115. The molecule has 0 saturated carbocycles. The summed E-state index contributed by atoms with van der Waals surface area (Å²) >= 11 is 37.0. The van der Waals surface area contributed by atoms with Gasteiger partial charge in [0.2, 0.25) is 20.6 Å². The van der Waals surface area contributed by atoms with Gasteiger partial charge < -0.3 is 5.73 Å². The highest BCUT2D eigenvalue weighted by Crippen LogP contribution is 2.36. The van der Waals surface area contributed by atoms with Crippen molar-refractivity contribution < 1.29 is 53.6 Å². The summed E-state index contributed by atoms with van der Waals surface area (Å²) in [5, 5.41) is 1.55. The molecule has 0 radical (unpaired) electrons. The minimum atomic E-state index is -3.71. The smallest absolute Gasteiger partial charge is 0.266 e. The number of rotatable bonds is 14. The number of hydrogen-bond acceptors (Lipinski definition) is 11. The Bertz CT molecular complexity index is 4590. The number of ketones is 2. The average molecular weight is 1360 g/mol. The predicted molar refractivity (Wildman–Crippen MR) is 334 cm³/mol. The first kappa shape index (κ1) is 65.8. The summed E-state index contributed by atoms with van der Waals surface area (Å²) in [5.41, 5.74) is 5.10. The van der Waals surface area contributed by atoms with E-state index in [9.17, 15) is 44.8 Å². The van der Waals surface area contributed by atoms with Gasteiger partial charge in [0.1, 0.15) is 28.7 Å². The maximum absolute atomic E-state index is 15.7. The van der Waals surface area contributed by atoms with E-state index in [1.165, 1.54) is 36.7 Å². The number of pyridine rings is 2. The second-order valence-corrected chi connectivity index (χ2v) is 26.6. The quantitative estimate of drug-likeness (QED) is 0.0470. The highest BCUT2D eigenvalue weighted by molar-refractivity contribution is 8.13. The van der Waals surface area contributed by atoms with E-state index in [0.29, 0.717) is 45.1 Å². The molecule has 0 saturated heterocycles. The summed E-state index contributed by atoms with van der Waals surface area (Å²) in [6.45, 7) is 3.42. The van der Waals surface area contributed by atoms with Gasteiger partial charge in [0, 0.05) is 73.0 Å². The van der Waals surface area contributed by atoms with Crippen LogP contribution in [0.2, 0.25) is 30.1 Å². The Morgan fingerprint density at radius 1 is 0.506 bits per heavy atom. The first-order valence-corrected chi connectivity index (χ1v) is 32.2. The van der Waals surface area contributed by atoms with E-state index in [1.807, 2.05) is 0 Å². The number of carbonyl (C=O) groups excluding carboxylic acids is 4. The predicted octanol–water partition coefficient (Wildman–Crippen LogP) is 16.6. The number of anilines is 1. The molecule has 10 aromatic rings. The van der Waals surface area contributed by atoms with Gasteiger partial charge in [0.25, 0.3) is 11.8 Å². The minimum Gasteiger partial charge on any atom is -0.396 e. The van der Waals surface area contributed by atoms with Crippen molar-refractivity contribution in [2.24, 2.45) is 0 Å². The minimum absolute atomic E-state index is 0.00421. The van der Waals surface area contributed by atoms with Crippen molar-refractivity contribution in [1.29, 1.82) is 0 Å². The van der Waals surface area contributed by atoms with Crippen molar-refractivity contribution in [3.63, 3.8) is 0 Å². The van der Waals surface area contributed by atoms with Crippen molar-refractivity contribution in [3.05, 3.63) is 238 Å². The van der Waals surface area contributed by atoms with Crippen LogP contribution in [0.1, 0.15) is 84.8 Å². The van der Waals surface area contributed by atoms with E-state index in [-0.39, 0.29) is 81.5 Å². The number of sulfone groups is 1. The van der Waals surface area contributed by atoms with Crippen LogP contribution in [0.4, 0.5) is 23.2 Å². The Kier molecular flexibility index (Phi) is 20.8. The number of nitrogen functional groups attached to an aromatic ring is 1. The first-order chi connectivity index (χ1) is 41.1. The van der Waals surface area contributed by atoms with Gasteiger partial charge in [-0.2, -0.15) is 0 Å². The van der Waals surface area contributed by atoms with E-state index < -0.39 is 88.1 Å². The van der Waals surface area contributed by atoms with Gasteiger partial charge >= 0.3 is 0 Å². The van der Waals surface area contributed by atoms with Gasteiger partial charge in [-0.1, -0.05) is 126 Å². The van der Waals surface area contributed by atoms with Gasteiger partial charge in [0.15, 0.2) is 15.7 Å². The number of halogens is 11. The molecule has 87 heavy (non-hydrogen) atoms. The van der Waals surface area contributed by atoms with Crippen molar-refractivity contribution >= 4 is 150 Å².